The van der Waals surface area contributed by atoms with E-state index in [1.807, 2.05) is 19.1 Å². The van der Waals surface area contributed by atoms with Crippen LogP contribution in [0.15, 0.2) is 42.0 Å². The van der Waals surface area contributed by atoms with Crippen LogP contribution in [0.5, 0.6) is 17.2 Å². The Labute approximate surface area is 163 Å². The minimum atomic E-state index is -0.201. The Kier molecular flexibility index (Phi) is 5.99. The number of aryl methyl sites for hydroxylation is 1. The highest BCUT2D eigenvalue weighted by molar-refractivity contribution is 6.13. The minimum absolute atomic E-state index is 0.0308. The lowest BCUT2D eigenvalue weighted by Crippen LogP contribution is -2.28. The first-order valence-corrected chi connectivity index (χ1v) is 9.16. The van der Waals surface area contributed by atoms with Crippen LogP contribution in [-0.2, 0) is 11.2 Å². The van der Waals surface area contributed by atoms with E-state index in [0.29, 0.717) is 42.0 Å². The molecule has 146 valence electrons. The molecule has 0 saturated heterocycles. The largest absolute Gasteiger partial charge is 0.508 e. The first-order chi connectivity index (χ1) is 13.5. The van der Waals surface area contributed by atoms with Gasteiger partial charge < -0.3 is 19.9 Å². The van der Waals surface area contributed by atoms with E-state index in [-0.39, 0.29) is 24.0 Å². The molecule has 0 fully saturated rings. The summed E-state index contributed by atoms with van der Waals surface area (Å²) in [5.41, 5.74) is 3.02. The van der Waals surface area contributed by atoms with E-state index < -0.39 is 0 Å². The number of amides is 1. The lowest BCUT2D eigenvalue weighted by atomic mass is 9.86. The number of phenols is 1. The van der Waals surface area contributed by atoms with Crippen molar-refractivity contribution in [2.45, 2.75) is 19.8 Å². The second-order valence-corrected chi connectivity index (χ2v) is 6.49. The average Bonchev–Trinajstić information content (AvgIpc) is 2.69. The molecule has 0 bridgehead atoms. The average molecular weight is 381 g/mol. The lowest BCUT2D eigenvalue weighted by molar-refractivity contribution is -0.123. The van der Waals surface area contributed by atoms with Crippen molar-refractivity contribution < 1.29 is 24.2 Å². The number of hydrogen-bond acceptors (Lipinski definition) is 5. The zero-order valence-electron chi connectivity index (χ0n) is 16.0. The van der Waals surface area contributed by atoms with E-state index in [9.17, 15) is 14.7 Å². The molecular formula is C22H23NO5. The summed E-state index contributed by atoms with van der Waals surface area (Å²) in [6.07, 6.45) is 3.15. The van der Waals surface area contributed by atoms with Crippen LogP contribution in [0.3, 0.4) is 0 Å². The molecule has 3 rings (SSSR count). The Morgan fingerprint density at radius 3 is 2.75 bits per heavy atom. The van der Waals surface area contributed by atoms with Crippen molar-refractivity contribution in [3.05, 3.63) is 58.7 Å². The number of carbonyl (C=O) groups is 2. The fraction of sp³-hybridized carbons (Fsp3) is 0.273. The molecule has 0 spiro atoms. The first-order valence-electron chi connectivity index (χ1n) is 9.16. The molecule has 6 nitrogen and oxygen atoms in total. The van der Waals surface area contributed by atoms with Gasteiger partial charge in [0.2, 0.25) is 0 Å². The Morgan fingerprint density at radius 1 is 1.18 bits per heavy atom. The number of likely N-dealkylation sites (N-methyl/N-ethyl adjacent to an activating group) is 1. The van der Waals surface area contributed by atoms with Crippen molar-refractivity contribution in [2.75, 3.05) is 20.3 Å². The third kappa shape index (κ3) is 4.34. The summed E-state index contributed by atoms with van der Waals surface area (Å²) in [6, 6.07) is 10.2. The molecular weight excluding hydrogens is 358 g/mol. The summed E-state index contributed by atoms with van der Waals surface area (Å²) < 4.78 is 10.9. The van der Waals surface area contributed by atoms with Crippen molar-refractivity contribution in [2.24, 2.45) is 0 Å². The maximum atomic E-state index is 12.7. The minimum Gasteiger partial charge on any atom is -0.508 e. The number of Topliss-reactive ketones (excluding diaryl/α,β-unsaturated/α-hetero) is 1. The third-order valence-electron chi connectivity index (χ3n) is 4.55. The number of rotatable bonds is 6. The number of phenolic OH excluding ortho intramolecular Hbond substituents is 1. The topological polar surface area (TPSA) is 84.9 Å². The number of fused-ring (bicyclic) bond motifs is 1. The summed E-state index contributed by atoms with van der Waals surface area (Å²) >= 11 is 0. The predicted octanol–water partition coefficient (Wildman–Crippen LogP) is 3.13. The number of aromatic hydroxyl groups is 1. The highest BCUT2D eigenvalue weighted by Crippen LogP contribution is 2.32. The molecule has 1 aliphatic carbocycles. The molecule has 0 radical (unpaired) electrons. The number of hydrogen-bond donors (Lipinski definition) is 2. The highest BCUT2D eigenvalue weighted by Gasteiger charge is 2.22. The fourth-order valence-corrected chi connectivity index (χ4v) is 3.19. The van der Waals surface area contributed by atoms with Gasteiger partial charge in [-0.1, -0.05) is 6.07 Å². The van der Waals surface area contributed by atoms with Crippen LogP contribution in [0, 0.1) is 0 Å². The summed E-state index contributed by atoms with van der Waals surface area (Å²) in [7, 11) is 1.53. The number of nitrogens with one attached hydrogen (secondary N) is 1. The van der Waals surface area contributed by atoms with Gasteiger partial charge in [0.25, 0.3) is 5.91 Å². The van der Waals surface area contributed by atoms with Crippen LogP contribution in [-0.4, -0.2) is 37.1 Å². The second-order valence-electron chi connectivity index (χ2n) is 6.49. The monoisotopic (exact) mass is 381 g/mol. The second kappa shape index (κ2) is 8.61. The Morgan fingerprint density at radius 2 is 2.00 bits per heavy atom. The molecule has 2 N–H and O–H groups in total. The molecule has 0 heterocycles. The molecule has 0 saturated carbocycles. The number of carbonyl (C=O) groups excluding carboxylic acids is 2. The molecule has 2 aromatic carbocycles. The highest BCUT2D eigenvalue weighted by atomic mass is 16.5. The molecule has 1 amide bonds. The van der Waals surface area contributed by atoms with Crippen LogP contribution in [0.4, 0.5) is 0 Å². The van der Waals surface area contributed by atoms with E-state index in [1.165, 1.54) is 13.2 Å². The Balaban J connectivity index is 1.79. The van der Waals surface area contributed by atoms with Gasteiger partial charge in [0.1, 0.15) is 5.75 Å². The molecule has 0 aliphatic heterocycles. The normalized spacial score (nSPS) is 14.5. The molecule has 1 aliphatic rings. The number of methoxy groups -OCH3 is 1. The van der Waals surface area contributed by atoms with Crippen LogP contribution in [0.25, 0.3) is 6.08 Å². The van der Waals surface area contributed by atoms with Gasteiger partial charge in [-0.05, 0) is 67.3 Å². The Bertz CT molecular complexity index is 933. The molecule has 0 aromatic heterocycles. The zero-order chi connectivity index (χ0) is 20.1. The number of ketones is 1. The predicted molar refractivity (Wildman–Crippen MR) is 106 cm³/mol. The van der Waals surface area contributed by atoms with Crippen LogP contribution < -0.4 is 14.8 Å². The van der Waals surface area contributed by atoms with Crippen molar-refractivity contribution in [3.8, 4) is 17.2 Å². The van der Waals surface area contributed by atoms with Gasteiger partial charge in [0, 0.05) is 17.7 Å². The fourth-order valence-electron chi connectivity index (χ4n) is 3.19. The van der Waals surface area contributed by atoms with E-state index in [0.717, 1.165) is 11.1 Å². The molecule has 0 unspecified atom stereocenters. The summed E-state index contributed by atoms with van der Waals surface area (Å²) in [5, 5.41) is 12.3. The Hall–Kier alpha value is -3.28. The van der Waals surface area contributed by atoms with Gasteiger partial charge in [-0.25, -0.2) is 0 Å². The number of allylic oxidation sites excluding steroid dienone is 1. The SMILES string of the molecule is CCNC(=O)COc1ccc(/C=C2\CCc3cc(O)ccc3C2=O)cc1OC. The van der Waals surface area contributed by atoms with Gasteiger partial charge >= 0.3 is 0 Å². The van der Waals surface area contributed by atoms with Crippen LogP contribution in [0.1, 0.15) is 34.8 Å². The molecule has 2 aromatic rings. The van der Waals surface area contributed by atoms with Crippen molar-refractivity contribution in [3.63, 3.8) is 0 Å². The van der Waals surface area contributed by atoms with E-state index in [4.69, 9.17) is 9.47 Å². The maximum absolute atomic E-state index is 12.7. The van der Waals surface area contributed by atoms with Gasteiger partial charge in [0.05, 0.1) is 7.11 Å². The van der Waals surface area contributed by atoms with E-state index >= 15 is 0 Å². The molecule has 0 atom stereocenters. The number of ether oxygens (including phenoxy) is 2. The van der Waals surface area contributed by atoms with Crippen molar-refractivity contribution >= 4 is 17.8 Å². The standard InChI is InChI=1S/C22H23NO5/c1-3-23-21(25)13-28-19-9-4-14(11-20(19)27-2)10-16-6-5-15-12-17(24)7-8-18(15)22(16)26/h4,7-12,24H,3,5-6,13H2,1-2H3,(H,23,25)/b16-10+. The van der Waals surface area contributed by atoms with Crippen LogP contribution >= 0.6 is 0 Å². The quantitative estimate of drug-likeness (QED) is 0.751. The number of benzene rings is 2. The van der Waals surface area contributed by atoms with Gasteiger partial charge in [-0.3, -0.25) is 9.59 Å². The molecule has 6 heteroatoms. The van der Waals surface area contributed by atoms with Gasteiger partial charge in [-0.15, -0.1) is 0 Å². The van der Waals surface area contributed by atoms with Crippen molar-refractivity contribution in [1.29, 1.82) is 0 Å². The summed E-state index contributed by atoms with van der Waals surface area (Å²) in [6.45, 7) is 2.30. The lowest BCUT2D eigenvalue weighted by Gasteiger charge is -2.18. The van der Waals surface area contributed by atoms with E-state index in [1.54, 1.807) is 24.3 Å². The summed E-state index contributed by atoms with van der Waals surface area (Å²) in [4.78, 5) is 24.3. The zero-order valence-corrected chi connectivity index (χ0v) is 16.0. The summed E-state index contributed by atoms with van der Waals surface area (Å²) in [5.74, 6) is 0.899. The smallest absolute Gasteiger partial charge is 0.257 e. The van der Waals surface area contributed by atoms with Gasteiger partial charge in [0.15, 0.2) is 23.9 Å². The van der Waals surface area contributed by atoms with Gasteiger partial charge in [-0.2, -0.15) is 0 Å². The maximum Gasteiger partial charge on any atom is 0.257 e. The van der Waals surface area contributed by atoms with E-state index in [2.05, 4.69) is 5.32 Å². The van der Waals surface area contributed by atoms with Crippen LogP contribution in [0.2, 0.25) is 0 Å². The molecule has 28 heavy (non-hydrogen) atoms. The van der Waals surface area contributed by atoms with Crippen molar-refractivity contribution in [1.82, 2.24) is 5.32 Å². The third-order valence-corrected chi connectivity index (χ3v) is 4.55. The first kappa shape index (κ1) is 19.5.